The molecule has 2 fully saturated rings. The second kappa shape index (κ2) is 14.6. The van der Waals surface area contributed by atoms with E-state index in [-0.39, 0.29) is 13.0 Å². The number of aliphatic hydroxyl groups is 1. The molecule has 0 spiro atoms. The van der Waals surface area contributed by atoms with Gasteiger partial charge < -0.3 is 19.7 Å². The molecule has 11 heteroatoms. The van der Waals surface area contributed by atoms with Gasteiger partial charge in [0.2, 0.25) is 0 Å². The lowest BCUT2D eigenvalue weighted by molar-refractivity contribution is -0.141. The Labute approximate surface area is 260 Å². The van der Waals surface area contributed by atoms with Crippen molar-refractivity contribution in [2.45, 2.75) is 44.8 Å². The van der Waals surface area contributed by atoms with Gasteiger partial charge in [-0.15, -0.1) is 0 Å². The molecule has 0 unspecified atom stereocenters. The molecular formula is C34H38F3N3O5. The molecule has 2 aromatic carbocycles. The molecule has 1 atom stereocenters. The topological polar surface area (TPSA) is 95.4 Å². The summed E-state index contributed by atoms with van der Waals surface area (Å²) in [4.78, 5) is 20.9. The number of methoxy groups -OCH3 is 1. The number of fused-ring (bicyclic) bond motifs is 1. The molecular weight excluding hydrogens is 587 g/mol. The number of carboxylic acids is 1. The smallest absolute Gasteiger partial charge is 0.303 e. The third-order valence-corrected chi connectivity index (χ3v) is 8.94. The number of carbonyl (C=O) groups is 1. The van der Waals surface area contributed by atoms with Crippen LogP contribution >= 0.6 is 0 Å². The highest BCUT2D eigenvalue weighted by Crippen LogP contribution is 2.42. The molecule has 0 bridgehead atoms. The summed E-state index contributed by atoms with van der Waals surface area (Å²) in [5.41, 5.74) is 1.43. The van der Waals surface area contributed by atoms with Gasteiger partial charge in [0.05, 0.1) is 50.5 Å². The summed E-state index contributed by atoms with van der Waals surface area (Å²) in [5.74, 6) is 1.89. The van der Waals surface area contributed by atoms with Crippen LogP contribution in [0.2, 0.25) is 0 Å². The van der Waals surface area contributed by atoms with Gasteiger partial charge in [-0.1, -0.05) is 11.8 Å². The van der Waals surface area contributed by atoms with E-state index in [0.29, 0.717) is 76.4 Å². The van der Waals surface area contributed by atoms with E-state index in [1.165, 1.54) is 0 Å². The van der Waals surface area contributed by atoms with Crippen molar-refractivity contribution in [1.29, 1.82) is 0 Å². The largest absolute Gasteiger partial charge is 0.497 e. The second-order valence-electron chi connectivity index (χ2n) is 11.9. The zero-order chi connectivity index (χ0) is 32.0. The number of rotatable bonds is 10. The number of piperidine rings is 1. The number of halogens is 3. The Kier molecular flexibility index (Phi) is 10.6. The van der Waals surface area contributed by atoms with E-state index >= 15 is 0 Å². The highest BCUT2D eigenvalue weighted by Gasteiger charge is 2.37. The van der Waals surface area contributed by atoms with Crippen molar-refractivity contribution in [3.8, 4) is 17.6 Å². The number of aliphatic carboxylic acids is 1. The van der Waals surface area contributed by atoms with E-state index in [0.717, 1.165) is 35.1 Å². The quantitative estimate of drug-likeness (QED) is 0.307. The highest BCUT2D eigenvalue weighted by molar-refractivity contribution is 5.85. The summed E-state index contributed by atoms with van der Waals surface area (Å²) in [7, 11) is 1.59. The molecule has 2 saturated heterocycles. The minimum absolute atomic E-state index is 0.0310. The van der Waals surface area contributed by atoms with E-state index in [1.807, 2.05) is 29.3 Å². The minimum Gasteiger partial charge on any atom is -0.497 e. The van der Waals surface area contributed by atoms with Crippen molar-refractivity contribution in [2.75, 3.05) is 53.0 Å². The van der Waals surface area contributed by atoms with Gasteiger partial charge in [0.1, 0.15) is 23.2 Å². The van der Waals surface area contributed by atoms with Crippen LogP contribution in [0.5, 0.6) is 5.75 Å². The van der Waals surface area contributed by atoms with Crippen LogP contribution in [0.4, 0.5) is 13.2 Å². The van der Waals surface area contributed by atoms with Crippen molar-refractivity contribution in [3.05, 3.63) is 70.7 Å². The van der Waals surface area contributed by atoms with Gasteiger partial charge >= 0.3 is 5.97 Å². The zero-order valence-electron chi connectivity index (χ0n) is 25.3. The van der Waals surface area contributed by atoms with Gasteiger partial charge in [-0.05, 0) is 73.5 Å². The third kappa shape index (κ3) is 8.13. The van der Waals surface area contributed by atoms with Gasteiger partial charge in [-0.2, -0.15) is 0 Å². The van der Waals surface area contributed by atoms with Crippen molar-refractivity contribution in [2.24, 2.45) is 5.41 Å². The van der Waals surface area contributed by atoms with E-state index in [1.54, 1.807) is 7.11 Å². The molecule has 0 aliphatic carbocycles. The Bertz CT molecular complexity index is 1550. The van der Waals surface area contributed by atoms with E-state index < -0.39 is 40.5 Å². The molecule has 8 nitrogen and oxygen atoms in total. The molecule has 2 aliphatic heterocycles. The fourth-order valence-corrected chi connectivity index (χ4v) is 6.39. The number of nitrogens with zero attached hydrogens (tertiary/aromatic N) is 3. The summed E-state index contributed by atoms with van der Waals surface area (Å²) >= 11 is 0. The molecule has 0 radical (unpaired) electrons. The van der Waals surface area contributed by atoms with Crippen LogP contribution in [0.1, 0.15) is 54.9 Å². The molecule has 0 saturated carbocycles. The summed E-state index contributed by atoms with van der Waals surface area (Å²) < 4.78 is 52.1. The monoisotopic (exact) mass is 625 g/mol. The molecule has 0 amide bonds. The Morgan fingerprint density at radius 2 is 1.80 bits per heavy atom. The van der Waals surface area contributed by atoms with Crippen molar-refractivity contribution < 1.29 is 37.7 Å². The number of hydrogen-bond acceptors (Lipinski definition) is 7. The number of pyridine rings is 1. The summed E-state index contributed by atoms with van der Waals surface area (Å²) in [6.07, 6.45) is 2.93. The van der Waals surface area contributed by atoms with Crippen LogP contribution < -0.4 is 4.74 Å². The number of benzene rings is 2. The van der Waals surface area contributed by atoms with Crippen LogP contribution in [-0.2, 0) is 16.1 Å². The number of morpholine rings is 1. The van der Waals surface area contributed by atoms with Crippen molar-refractivity contribution >= 4 is 16.9 Å². The lowest BCUT2D eigenvalue weighted by Gasteiger charge is -2.41. The lowest BCUT2D eigenvalue weighted by Crippen LogP contribution is -2.41. The first-order valence-electron chi connectivity index (χ1n) is 15.2. The van der Waals surface area contributed by atoms with Crippen LogP contribution in [0.3, 0.4) is 0 Å². The fraction of sp³-hybridized carbons (Fsp3) is 0.471. The van der Waals surface area contributed by atoms with Gasteiger partial charge in [-0.3, -0.25) is 19.6 Å². The van der Waals surface area contributed by atoms with Crippen molar-refractivity contribution in [3.63, 3.8) is 0 Å². The average molecular weight is 626 g/mol. The Hall–Kier alpha value is -3.69. The van der Waals surface area contributed by atoms with Crippen LogP contribution in [0.25, 0.3) is 10.9 Å². The predicted molar refractivity (Wildman–Crippen MR) is 162 cm³/mol. The van der Waals surface area contributed by atoms with Crippen LogP contribution in [-0.4, -0.2) is 84.0 Å². The summed E-state index contributed by atoms with van der Waals surface area (Å²) in [6.45, 7) is 4.79. The van der Waals surface area contributed by atoms with Crippen LogP contribution in [0.15, 0.2) is 36.5 Å². The van der Waals surface area contributed by atoms with Gasteiger partial charge in [0.25, 0.3) is 0 Å². The van der Waals surface area contributed by atoms with E-state index in [4.69, 9.17) is 9.47 Å². The van der Waals surface area contributed by atoms with Gasteiger partial charge in [0.15, 0.2) is 0 Å². The molecule has 5 rings (SSSR count). The minimum atomic E-state index is -1.05. The van der Waals surface area contributed by atoms with Crippen molar-refractivity contribution in [1.82, 2.24) is 14.8 Å². The van der Waals surface area contributed by atoms with Gasteiger partial charge in [-0.25, -0.2) is 13.2 Å². The number of aliphatic hydroxyl groups excluding tert-OH is 1. The maximum Gasteiger partial charge on any atom is 0.303 e. The Balaban J connectivity index is 1.30. The lowest BCUT2D eigenvalue weighted by atomic mass is 9.71. The molecule has 45 heavy (non-hydrogen) atoms. The van der Waals surface area contributed by atoms with E-state index in [9.17, 15) is 28.2 Å². The molecule has 240 valence electrons. The average Bonchev–Trinajstić information content (AvgIpc) is 3.02. The van der Waals surface area contributed by atoms with Gasteiger partial charge in [0, 0.05) is 43.4 Å². The first-order valence-corrected chi connectivity index (χ1v) is 15.2. The standard InChI is InChI=1S/C34H38F3N3O5/c1-44-25-4-5-30-27(19-25)33(23(21-38-30)22-40-13-15-45-16-14-40)31(41)6-7-34(20-32(42)43)8-11-39(12-9-34)10-2-3-26-28(36)17-24(35)18-29(26)37/h4-5,17-19,21,31,41H,6-16,20,22H2,1H3,(H,42,43)/t31-/m1/s1. The zero-order valence-corrected chi connectivity index (χ0v) is 25.3. The molecule has 1 aromatic heterocycles. The number of ether oxygens (including phenoxy) is 2. The maximum atomic E-state index is 13.9. The second-order valence-corrected chi connectivity index (χ2v) is 11.9. The Morgan fingerprint density at radius 3 is 2.47 bits per heavy atom. The molecule has 3 aromatic rings. The highest BCUT2D eigenvalue weighted by atomic mass is 19.1. The first kappa shape index (κ1) is 32.7. The molecule has 2 aliphatic rings. The number of aromatic nitrogens is 1. The SMILES string of the molecule is COc1ccc2ncc(CN3CCOCC3)c([C@H](O)CCC3(CC(=O)O)CCN(CC#Cc4c(F)cc(F)cc4F)CC3)c2c1. The summed E-state index contributed by atoms with van der Waals surface area (Å²) in [5, 5.41) is 22.4. The van der Waals surface area contributed by atoms with E-state index in [2.05, 4.69) is 21.7 Å². The summed E-state index contributed by atoms with van der Waals surface area (Å²) in [6, 6.07) is 6.78. The molecule has 2 N–H and O–H groups in total. The third-order valence-electron chi connectivity index (χ3n) is 8.94. The number of carboxylic acid groups (broad SMARTS) is 1. The normalized spacial score (nSPS) is 17.9. The number of hydrogen-bond donors (Lipinski definition) is 2. The fourth-order valence-electron chi connectivity index (χ4n) is 6.39. The Morgan fingerprint density at radius 1 is 1.09 bits per heavy atom. The maximum absolute atomic E-state index is 13.9. The van der Waals surface area contributed by atoms with Crippen LogP contribution in [0, 0.1) is 34.7 Å². The predicted octanol–water partition coefficient (Wildman–Crippen LogP) is 4.92. The first-order chi connectivity index (χ1) is 21.7. The number of likely N-dealkylation sites (tertiary alicyclic amines) is 1. The molecule has 3 heterocycles.